The highest BCUT2D eigenvalue weighted by atomic mass is 35.5. The van der Waals surface area contributed by atoms with E-state index in [2.05, 4.69) is 9.57 Å². The highest BCUT2D eigenvalue weighted by molar-refractivity contribution is 7.89. The molecule has 28 heavy (non-hydrogen) atoms. The summed E-state index contributed by atoms with van der Waals surface area (Å²) < 4.78 is 29.9. The number of benzene rings is 2. The molecule has 1 N–H and O–H groups in total. The Labute approximate surface area is 169 Å². The topological polar surface area (TPSA) is 75.7 Å². The van der Waals surface area contributed by atoms with Crippen LogP contribution in [0, 0.1) is 0 Å². The van der Waals surface area contributed by atoms with Crippen molar-refractivity contribution in [2.75, 3.05) is 13.7 Å². The van der Waals surface area contributed by atoms with Gasteiger partial charge in [-0.05, 0) is 54.8 Å². The zero-order valence-corrected chi connectivity index (χ0v) is 16.9. The van der Waals surface area contributed by atoms with Gasteiger partial charge in [0.05, 0.1) is 17.6 Å². The number of hydrazine groups is 1. The van der Waals surface area contributed by atoms with Crippen LogP contribution in [0.2, 0.25) is 5.02 Å². The van der Waals surface area contributed by atoms with E-state index in [4.69, 9.17) is 11.6 Å². The van der Waals surface area contributed by atoms with Gasteiger partial charge in [0.2, 0.25) is 0 Å². The second-order valence-electron chi connectivity index (χ2n) is 6.42. The number of hydrogen-bond donors (Lipinski definition) is 1. The van der Waals surface area contributed by atoms with Gasteiger partial charge >= 0.3 is 5.97 Å². The van der Waals surface area contributed by atoms with Crippen molar-refractivity contribution < 1.29 is 17.9 Å². The molecule has 6 nitrogen and oxygen atoms in total. The fraction of sp³-hybridized carbons (Fsp3) is 0.250. The molecule has 1 aliphatic heterocycles. The molecule has 0 aliphatic carbocycles. The summed E-state index contributed by atoms with van der Waals surface area (Å²) in [5.74, 6) is -0.380. The van der Waals surface area contributed by atoms with Crippen molar-refractivity contribution in [1.82, 2.24) is 9.84 Å². The van der Waals surface area contributed by atoms with Gasteiger partial charge in [0.1, 0.15) is 0 Å². The van der Waals surface area contributed by atoms with Crippen LogP contribution < -0.4 is 4.83 Å². The first kappa shape index (κ1) is 20.5. The molecule has 2 aromatic carbocycles. The Morgan fingerprint density at radius 1 is 1.18 bits per heavy atom. The molecule has 0 bridgehead atoms. The number of sulfonamides is 1. The van der Waals surface area contributed by atoms with Crippen LogP contribution in [0.25, 0.3) is 6.08 Å². The second-order valence-corrected chi connectivity index (χ2v) is 8.52. The Morgan fingerprint density at radius 2 is 1.86 bits per heavy atom. The van der Waals surface area contributed by atoms with Crippen LogP contribution in [-0.2, 0) is 14.8 Å². The van der Waals surface area contributed by atoms with E-state index < -0.39 is 10.0 Å². The highest BCUT2D eigenvalue weighted by Gasteiger charge is 2.27. The molecular weight excluding hydrogens is 400 g/mol. The van der Waals surface area contributed by atoms with Gasteiger partial charge in [-0.1, -0.05) is 35.9 Å². The lowest BCUT2D eigenvalue weighted by Crippen LogP contribution is -2.44. The molecule has 2 aromatic rings. The number of ether oxygens (including phenoxy) is 1. The number of esters is 1. The number of rotatable bonds is 6. The highest BCUT2D eigenvalue weighted by Crippen LogP contribution is 2.20. The molecule has 1 atom stereocenters. The minimum absolute atomic E-state index is 0.0534. The molecule has 1 fully saturated rings. The molecule has 1 heterocycles. The fourth-order valence-corrected chi connectivity index (χ4v) is 4.26. The monoisotopic (exact) mass is 420 g/mol. The Kier molecular flexibility index (Phi) is 6.51. The van der Waals surface area contributed by atoms with Gasteiger partial charge in [-0.15, -0.1) is 4.83 Å². The maximum absolute atomic E-state index is 12.6. The number of methoxy groups -OCH3 is 1. The fourth-order valence-electron chi connectivity index (χ4n) is 3.00. The van der Waals surface area contributed by atoms with E-state index in [0.29, 0.717) is 17.1 Å². The molecule has 1 unspecified atom stereocenters. The minimum Gasteiger partial charge on any atom is -0.465 e. The van der Waals surface area contributed by atoms with E-state index >= 15 is 0 Å². The van der Waals surface area contributed by atoms with Gasteiger partial charge < -0.3 is 4.74 Å². The number of nitrogens with one attached hydrogen (secondary N) is 1. The quantitative estimate of drug-likeness (QED) is 0.724. The van der Waals surface area contributed by atoms with Crippen molar-refractivity contribution in [3.63, 3.8) is 0 Å². The molecule has 1 saturated heterocycles. The Hall–Kier alpha value is -2.19. The van der Waals surface area contributed by atoms with Crippen LogP contribution in [0.15, 0.2) is 59.5 Å². The minimum atomic E-state index is -3.66. The third-order valence-electron chi connectivity index (χ3n) is 4.50. The van der Waals surface area contributed by atoms with Gasteiger partial charge in [0.25, 0.3) is 10.0 Å². The Balaban J connectivity index is 1.68. The number of carbonyl (C=O) groups is 1. The SMILES string of the molecule is COC(=O)c1ccc(C=CC2CCCN2NS(=O)(=O)c2ccc(Cl)cc2)cc1. The number of halogens is 1. The summed E-state index contributed by atoms with van der Waals surface area (Å²) in [6, 6.07) is 13.0. The van der Waals surface area contributed by atoms with Crippen molar-refractivity contribution in [2.45, 2.75) is 23.8 Å². The van der Waals surface area contributed by atoms with Gasteiger partial charge in [0, 0.05) is 17.6 Å². The molecule has 0 radical (unpaired) electrons. The summed E-state index contributed by atoms with van der Waals surface area (Å²) in [6.07, 6.45) is 5.62. The first-order chi connectivity index (χ1) is 13.4. The van der Waals surface area contributed by atoms with Crippen LogP contribution in [0.4, 0.5) is 0 Å². The standard InChI is InChI=1S/C20H21ClN2O4S/c1-27-20(24)16-7-4-15(5-8-16)6-11-18-3-2-14-23(18)22-28(25,26)19-12-9-17(21)10-13-19/h4-13,18,22H,2-3,14H2,1H3. The number of nitrogens with zero attached hydrogens (tertiary/aromatic N) is 1. The average Bonchev–Trinajstić information content (AvgIpc) is 3.12. The molecule has 0 spiro atoms. The summed E-state index contributed by atoms with van der Waals surface area (Å²) in [4.78, 5) is 14.3. The predicted octanol–water partition coefficient (Wildman–Crippen LogP) is 3.50. The largest absolute Gasteiger partial charge is 0.465 e. The lowest BCUT2D eigenvalue weighted by molar-refractivity contribution is 0.0600. The molecule has 148 valence electrons. The van der Waals surface area contributed by atoms with E-state index in [1.54, 1.807) is 29.3 Å². The van der Waals surface area contributed by atoms with Crippen molar-refractivity contribution in [2.24, 2.45) is 0 Å². The third-order valence-corrected chi connectivity index (χ3v) is 6.12. The summed E-state index contributed by atoms with van der Waals surface area (Å²) in [6.45, 7) is 0.628. The van der Waals surface area contributed by atoms with Gasteiger partial charge in [-0.2, -0.15) is 0 Å². The summed E-state index contributed by atoms with van der Waals surface area (Å²) >= 11 is 5.83. The van der Waals surface area contributed by atoms with Gasteiger partial charge in [0.15, 0.2) is 0 Å². The third kappa shape index (κ3) is 4.99. The Bertz CT molecular complexity index is 957. The number of hydrogen-bond acceptors (Lipinski definition) is 5. The second kappa shape index (κ2) is 8.87. The van der Waals surface area contributed by atoms with Crippen LogP contribution in [0.1, 0.15) is 28.8 Å². The molecule has 0 saturated carbocycles. The van der Waals surface area contributed by atoms with Crippen LogP contribution in [0.5, 0.6) is 0 Å². The van der Waals surface area contributed by atoms with Crippen molar-refractivity contribution in [3.8, 4) is 0 Å². The molecule has 0 amide bonds. The normalized spacial score (nSPS) is 17.9. The number of carbonyl (C=O) groups excluding carboxylic acids is 1. The van der Waals surface area contributed by atoms with E-state index in [0.717, 1.165) is 18.4 Å². The van der Waals surface area contributed by atoms with Crippen molar-refractivity contribution >= 4 is 33.7 Å². The maximum Gasteiger partial charge on any atom is 0.337 e. The van der Waals surface area contributed by atoms with Gasteiger partial charge in [-0.25, -0.2) is 18.2 Å². The molecule has 1 aliphatic rings. The molecular formula is C20H21ClN2O4S. The van der Waals surface area contributed by atoms with Gasteiger partial charge in [-0.3, -0.25) is 0 Å². The van der Waals surface area contributed by atoms with E-state index in [9.17, 15) is 13.2 Å². The first-order valence-electron chi connectivity index (χ1n) is 8.80. The Morgan fingerprint density at radius 3 is 2.50 bits per heavy atom. The zero-order chi connectivity index (χ0) is 20.1. The zero-order valence-electron chi connectivity index (χ0n) is 15.3. The summed E-state index contributed by atoms with van der Waals surface area (Å²) in [5, 5.41) is 2.21. The van der Waals surface area contributed by atoms with Crippen molar-refractivity contribution in [3.05, 3.63) is 70.8 Å². The van der Waals surface area contributed by atoms with Crippen LogP contribution >= 0.6 is 11.6 Å². The lowest BCUT2D eigenvalue weighted by atomic mass is 10.1. The molecule has 8 heteroatoms. The smallest absolute Gasteiger partial charge is 0.337 e. The molecule has 0 aromatic heterocycles. The van der Waals surface area contributed by atoms with E-state index in [1.165, 1.54) is 19.2 Å². The predicted molar refractivity (Wildman–Crippen MR) is 108 cm³/mol. The van der Waals surface area contributed by atoms with Crippen LogP contribution in [0.3, 0.4) is 0 Å². The van der Waals surface area contributed by atoms with E-state index in [1.807, 2.05) is 24.3 Å². The van der Waals surface area contributed by atoms with Crippen LogP contribution in [-0.4, -0.2) is 39.1 Å². The molecule has 3 rings (SSSR count). The summed E-state index contributed by atoms with van der Waals surface area (Å²) in [5.41, 5.74) is 1.40. The van der Waals surface area contributed by atoms with Crippen molar-refractivity contribution in [1.29, 1.82) is 0 Å². The maximum atomic E-state index is 12.6. The average molecular weight is 421 g/mol. The van der Waals surface area contributed by atoms with E-state index in [-0.39, 0.29) is 16.9 Å². The first-order valence-corrected chi connectivity index (χ1v) is 10.7. The summed E-state index contributed by atoms with van der Waals surface area (Å²) in [7, 11) is -2.32. The lowest BCUT2D eigenvalue weighted by Gasteiger charge is -2.22.